The van der Waals surface area contributed by atoms with Crippen molar-refractivity contribution < 1.29 is 9.59 Å². The van der Waals surface area contributed by atoms with E-state index in [1.54, 1.807) is 16.7 Å². The molecule has 3 aromatic rings. The number of nitrogens with one attached hydrogen (secondary N) is 2. The predicted octanol–water partition coefficient (Wildman–Crippen LogP) is 3.40. The van der Waals surface area contributed by atoms with E-state index in [1.165, 1.54) is 0 Å². The van der Waals surface area contributed by atoms with E-state index >= 15 is 0 Å². The van der Waals surface area contributed by atoms with Gasteiger partial charge in [0.2, 0.25) is 5.82 Å². The summed E-state index contributed by atoms with van der Waals surface area (Å²) in [5.41, 5.74) is 4.78. The normalized spacial score (nSPS) is 13.6. The lowest BCUT2D eigenvalue weighted by atomic mass is 10.0. The molecule has 0 saturated heterocycles. The van der Waals surface area contributed by atoms with Crippen molar-refractivity contribution in [3.05, 3.63) is 64.7 Å². The molecule has 0 atom stereocenters. The van der Waals surface area contributed by atoms with Crippen LogP contribution >= 0.6 is 0 Å². The van der Waals surface area contributed by atoms with Crippen molar-refractivity contribution in [2.24, 2.45) is 0 Å². The van der Waals surface area contributed by atoms with Crippen LogP contribution in [0, 0.1) is 20.8 Å². The SMILES string of the molecule is Cc1cc(C)c(NC(=O)c2nc(C(=O)NC3CC3)n3ccccc23)c(C)c1. The van der Waals surface area contributed by atoms with Crippen molar-refractivity contribution in [1.82, 2.24) is 14.7 Å². The number of hydrogen-bond acceptors (Lipinski definition) is 3. The van der Waals surface area contributed by atoms with Crippen LogP contribution in [0.2, 0.25) is 0 Å². The number of rotatable bonds is 4. The van der Waals surface area contributed by atoms with E-state index < -0.39 is 0 Å². The molecular weight excluding hydrogens is 340 g/mol. The first-order valence-electron chi connectivity index (χ1n) is 9.11. The molecular formula is C21H22N4O2. The van der Waals surface area contributed by atoms with Gasteiger partial charge in [-0.2, -0.15) is 0 Å². The monoisotopic (exact) mass is 362 g/mol. The molecule has 0 bridgehead atoms. The van der Waals surface area contributed by atoms with Gasteiger partial charge in [0, 0.05) is 17.9 Å². The van der Waals surface area contributed by atoms with Crippen LogP contribution in [0.3, 0.4) is 0 Å². The summed E-state index contributed by atoms with van der Waals surface area (Å²) in [6.07, 6.45) is 3.74. The van der Waals surface area contributed by atoms with Crippen molar-refractivity contribution in [1.29, 1.82) is 0 Å². The Kier molecular flexibility index (Phi) is 4.18. The maximum absolute atomic E-state index is 13.0. The molecule has 27 heavy (non-hydrogen) atoms. The minimum absolute atomic E-state index is 0.226. The number of hydrogen-bond donors (Lipinski definition) is 2. The average Bonchev–Trinajstić information content (AvgIpc) is 3.34. The van der Waals surface area contributed by atoms with Gasteiger partial charge in [0.1, 0.15) is 0 Å². The second kappa shape index (κ2) is 6.54. The number of benzene rings is 1. The highest BCUT2D eigenvalue weighted by Crippen LogP contribution is 2.24. The van der Waals surface area contributed by atoms with Crippen LogP contribution in [0.5, 0.6) is 0 Å². The minimum Gasteiger partial charge on any atom is -0.347 e. The lowest BCUT2D eigenvalue weighted by Crippen LogP contribution is -2.27. The van der Waals surface area contributed by atoms with Crippen LogP contribution < -0.4 is 10.6 Å². The highest BCUT2D eigenvalue weighted by molar-refractivity contribution is 6.09. The van der Waals surface area contributed by atoms with Crippen LogP contribution in [-0.4, -0.2) is 27.2 Å². The Morgan fingerprint density at radius 1 is 1.07 bits per heavy atom. The second-order valence-electron chi connectivity index (χ2n) is 7.22. The first-order valence-corrected chi connectivity index (χ1v) is 9.11. The van der Waals surface area contributed by atoms with Gasteiger partial charge >= 0.3 is 0 Å². The Hall–Kier alpha value is -3.15. The summed E-state index contributed by atoms with van der Waals surface area (Å²) in [6.45, 7) is 5.96. The van der Waals surface area contributed by atoms with Crippen molar-refractivity contribution in [3.8, 4) is 0 Å². The molecule has 138 valence electrons. The average molecular weight is 362 g/mol. The summed E-state index contributed by atoms with van der Waals surface area (Å²) < 4.78 is 1.67. The zero-order valence-electron chi connectivity index (χ0n) is 15.7. The third kappa shape index (κ3) is 3.30. The van der Waals surface area contributed by atoms with Crippen LogP contribution in [0.1, 0.15) is 50.6 Å². The molecule has 1 saturated carbocycles. The number of carbonyl (C=O) groups is 2. The summed E-state index contributed by atoms with van der Waals surface area (Å²) in [6, 6.07) is 9.73. The molecule has 1 aliphatic carbocycles. The second-order valence-corrected chi connectivity index (χ2v) is 7.22. The third-order valence-electron chi connectivity index (χ3n) is 4.79. The van der Waals surface area contributed by atoms with Crippen LogP contribution in [-0.2, 0) is 0 Å². The zero-order valence-corrected chi connectivity index (χ0v) is 15.7. The van der Waals surface area contributed by atoms with Crippen LogP contribution in [0.25, 0.3) is 5.52 Å². The molecule has 0 aliphatic heterocycles. The number of imidazole rings is 1. The first kappa shape index (κ1) is 17.3. The van der Waals surface area contributed by atoms with Gasteiger partial charge in [-0.25, -0.2) is 4.98 Å². The highest BCUT2D eigenvalue weighted by atomic mass is 16.2. The number of nitrogens with zero attached hydrogens (tertiary/aromatic N) is 2. The van der Waals surface area contributed by atoms with Gasteiger partial charge < -0.3 is 10.6 Å². The number of anilines is 1. The molecule has 6 nitrogen and oxygen atoms in total. The molecule has 2 heterocycles. The molecule has 2 N–H and O–H groups in total. The molecule has 0 unspecified atom stereocenters. The number of fused-ring (bicyclic) bond motifs is 1. The van der Waals surface area contributed by atoms with Crippen LogP contribution in [0.4, 0.5) is 5.69 Å². The topological polar surface area (TPSA) is 75.5 Å². The van der Waals surface area contributed by atoms with E-state index in [9.17, 15) is 9.59 Å². The number of pyridine rings is 1. The summed E-state index contributed by atoms with van der Waals surface area (Å²) >= 11 is 0. The number of aryl methyl sites for hydroxylation is 3. The van der Waals surface area contributed by atoms with Gasteiger partial charge in [-0.1, -0.05) is 23.8 Å². The number of amides is 2. The molecule has 6 heteroatoms. The quantitative estimate of drug-likeness (QED) is 0.747. The summed E-state index contributed by atoms with van der Waals surface area (Å²) in [4.78, 5) is 29.9. The lowest BCUT2D eigenvalue weighted by Gasteiger charge is -2.12. The third-order valence-corrected chi connectivity index (χ3v) is 4.79. The molecule has 1 aromatic carbocycles. The highest BCUT2D eigenvalue weighted by Gasteiger charge is 2.27. The lowest BCUT2D eigenvalue weighted by molar-refractivity contribution is 0.0940. The fourth-order valence-electron chi connectivity index (χ4n) is 3.39. The van der Waals surface area contributed by atoms with Gasteiger partial charge in [0.25, 0.3) is 11.8 Å². The predicted molar refractivity (Wildman–Crippen MR) is 104 cm³/mol. The number of carbonyl (C=O) groups excluding carboxylic acids is 2. The Balaban J connectivity index is 1.71. The van der Waals surface area contributed by atoms with Gasteiger partial charge in [-0.3, -0.25) is 14.0 Å². The molecule has 2 aromatic heterocycles. The zero-order chi connectivity index (χ0) is 19.1. The minimum atomic E-state index is -0.320. The standard InChI is InChI=1S/C21H22N4O2/c1-12-10-13(2)17(14(3)11-12)24-20(26)18-16-6-4-5-9-25(16)19(23-18)21(27)22-15-7-8-15/h4-6,9-11,15H,7-8H2,1-3H3,(H,22,27)(H,24,26). The van der Waals surface area contributed by atoms with Crippen molar-refractivity contribution in [3.63, 3.8) is 0 Å². The maximum atomic E-state index is 13.0. The molecule has 0 spiro atoms. The van der Waals surface area contributed by atoms with Crippen molar-refractivity contribution >= 4 is 23.0 Å². The van der Waals surface area contributed by atoms with Crippen molar-refractivity contribution in [2.75, 3.05) is 5.32 Å². The smallest absolute Gasteiger partial charge is 0.287 e. The number of aromatic nitrogens is 2. The van der Waals surface area contributed by atoms with E-state index in [0.717, 1.165) is 35.2 Å². The fourth-order valence-corrected chi connectivity index (χ4v) is 3.39. The summed E-state index contributed by atoms with van der Waals surface area (Å²) in [5, 5.41) is 5.91. The first-order chi connectivity index (χ1) is 12.9. The van der Waals surface area contributed by atoms with E-state index in [4.69, 9.17) is 0 Å². The molecule has 0 radical (unpaired) electrons. The Bertz CT molecular complexity index is 1040. The fraction of sp³-hybridized carbons (Fsp3) is 0.286. The molecule has 2 amide bonds. The summed E-state index contributed by atoms with van der Waals surface area (Å²) in [5.74, 6) is -0.334. The Morgan fingerprint density at radius 2 is 1.78 bits per heavy atom. The van der Waals surface area contributed by atoms with Gasteiger partial charge in [0.15, 0.2) is 5.69 Å². The van der Waals surface area contributed by atoms with Gasteiger partial charge in [-0.15, -0.1) is 0 Å². The summed E-state index contributed by atoms with van der Waals surface area (Å²) in [7, 11) is 0. The van der Waals surface area contributed by atoms with E-state index in [-0.39, 0.29) is 29.4 Å². The van der Waals surface area contributed by atoms with Crippen molar-refractivity contribution in [2.45, 2.75) is 39.7 Å². The van der Waals surface area contributed by atoms with E-state index in [0.29, 0.717) is 5.52 Å². The van der Waals surface area contributed by atoms with Gasteiger partial charge in [-0.05, 0) is 56.9 Å². The van der Waals surface area contributed by atoms with E-state index in [1.807, 2.05) is 45.0 Å². The molecule has 1 fully saturated rings. The Labute approximate surface area is 157 Å². The van der Waals surface area contributed by atoms with Gasteiger partial charge in [0.05, 0.1) is 5.52 Å². The Morgan fingerprint density at radius 3 is 2.44 bits per heavy atom. The largest absolute Gasteiger partial charge is 0.347 e. The molecule has 4 rings (SSSR count). The molecule has 1 aliphatic rings. The maximum Gasteiger partial charge on any atom is 0.287 e. The van der Waals surface area contributed by atoms with Crippen LogP contribution in [0.15, 0.2) is 36.5 Å². The van der Waals surface area contributed by atoms with E-state index in [2.05, 4.69) is 15.6 Å².